The van der Waals surface area contributed by atoms with Crippen molar-refractivity contribution in [1.29, 1.82) is 0 Å². The predicted octanol–water partition coefficient (Wildman–Crippen LogP) is 1.60. The summed E-state index contributed by atoms with van der Waals surface area (Å²) >= 11 is 0. The van der Waals surface area contributed by atoms with Crippen molar-refractivity contribution in [3.8, 4) is 5.75 Å². The highest BCUT2D eigenvalue weighted by atomic mass is 16.5. The first kappa shape index (κ1) is 14.3. The number of rotatable bonds is 5. The minimum absolute atomic E-state index is 0.221. The number of benzene rings is 1. The van der Waals surface area contributed by atoms with E-state index in [1.807, 2.05) is 20.9 Å². The number of hydrogen-bond acceptors (Lipinski definition) is 4. The quantitative estimate of drug-likeness (QED) is 0.846. The van der Waals surface area contributed by atoms with Crippen LogP contribution in [0, 0.1) is 0 Å². The molecule has 0 radical (unpaired) electrons. The molecule has 2 rings (SSSR count). The van der Waals surface area contributed by atoms with Gasteiger partial charge in [-0.15, -0.1) is 0 Å². The Bertz CT molecular complexity index is 371. The van der Waals surface area contributed by atoms with Crippen molar-refractivity contribution in [2.24, 2.45) is 0 Å². The van der Waals surface area contributed by atoms with Crippen LogP contribution in [0.15, 0.2) is 24.3 Å². The third kappa shape index (κ3) is 3.93. The molecule has 1 aromatic carbocycles. The lowest BCUT2D eigenvalue weighted by Crippen LogP contribution is -2.48. The summed E-state index contributed by atoms with van der Waals surface area (Å²) in [6, 6.07) is 8.42. The molecule has 19 heavy (non-hydrogen) atoms. The minimum Gasteiger partial charge on any atom is -0.491 e. The molecule has 1 fully saturated rings. The Morgan fingerprint density at radius 1 is 1.16 bits per heavy atom. The molecule has 4 nitrogen and oxygen atoms in total. The predicted molar refractivity (Wildman–Crippen MR) is 78.4 cm³/mol. The molecule has 4 heteroatoms. The van der Waals surface area contributed by atoms with E-state index in [9.17, 15) is 0 Å². The Morgan fingerprint density at radius 2 is 1.79 bits per heavy atom. The van der Waals surface area contributed by atoms with Crippen LogP contribution in [0.5, 0.6) is 5.75 Å². The fourth-order valence-corrected chi connectivity index (χ4v) is 2.50. The first-order chi connectivity index (χ1) is 9.20. The van der Waals surface area contributed by atoms with E-state index in [4.69, 9.17) is 4.74 Å². The molecule has 0 saturated carbocycles. The number of hydrogen-bond donors (Lipinski definition) is 2. The summed E-state index contributed by atoms with van der Waals surface area (Å²) in [5.41, 5.74) is 1.29. The third-order valence-electron chi connectivity index (χ3n) is 3.36. The van der Waals surface area contributed by atoms with Gasteiger partial charge < -0.3 is 15.4 Å². The van der Waals surface area contributed by atoms with Gasteiger partial charge in [0.15, 0.2) is 0 Å². The number of ether oxygens (including phenoxy) is 1. The third-order valence-corrected chi connectivity index (χ3v) is 3.36. The highest BCUT2D eigenvalue weighted by Crippen LogP contribution is 2.21. The smallest absolute Gasteiger partial charge is 0.119 e. The summed E-state index contributed by atoms with van der Waals surface area (Å²) in [5, 5.41) is 6.79. The zero-order valence-electron chi connectivity index (χ0n) is 12.1. The second kappa shape index (κ2) is 6.89. The molecule has 0 aliphatic carbocycles. The van der Waals surface area contributed by atoms with Crippen LogP contribution in [-0.2, 0) is 0 Å². The largest absolute Gasteiger partial charge is 0.491 e. The molecule has 1 aliphatic rings. The number of nitrogens with one attached hydrogen (secondary N) is 2. The molecule has 1 atom stereocenters. The minimum atomic E-state index is 0.221. The van der Waals surface area contributed by atoms with Gasteiger partial charge in [-0.2, -0.15) is 0 Å². The fourth-order valence-electron chi connectivity index (χ4n) is 2.50. The standard InChI is InChI=1S/C15H25N3O/c1-12(2)19-14-6-4-13(5-7-14)15(16-3)18-10-8-17-9-11-18/h4-7,12,15-17H,8-11H2,1-3H3. The van der Waals surface area contributed by atoms with Gasteiger partial charge in [0.2, 0.25) is 0 Å². The fraction of sp³-hybridized carbons (Fsp3) is 0.600. The van der Waals surface area contributed by atoms with E-state index in [0.717, 1.165) is 31.9 Å². The van der Waals surface area contributed by atoms with Gasteiger partial charge in [-0.3, -0.25) is 4.90 Å². The summed E-state index contributed by atoms with van der Waals surface area (Å²) in [6.07, 6.45) is 0.509. The lowest BCUT2D eigenvalue weighted by Gasteiger charge is -2.35. The van der Waals surface area contributed by atoms with Crippen molar-refractivity contribution in [2.75, 3.05) is 33.2 Å². The average molecular weight is 263 g/mol. The van der Waals surface area contributed by atoms with Gasteiger partial charge in [0.1, 0.15) is 5.75 Å². The Hall–Kier alpha value is -1.10. The Kier molecular flexibility index (Phi) is 5.19. The van der Waals surface area contributed by atoms with Crippen LogP contribution in [0.3, 0.4) is 0 Å². The highest BCUT2D eigenvalue weighted by molar-refractivity contribution is 5.29. The molecular formula is C15H25N3O. The molecule has 1 aromatic rings. The topological polar surface area (TPSA) is 36.5 Å². The normalized spacial score (nSPS) is 18.5. The summed E-state index contributed by atoms with van der Waals surface area (Å²) in [7, 11) is 2.02. The van der Waals surface area contributed by atoms with Crippen LogP contribution in [0.4, 0.5) is 0 Å². The van der Waals surface area contributed by atoms with Gasteiger partial charge in [-0.25, -0.2) is 0 Å². The maximum Gasteiger partial charge on any atom is 0.119 e. The van der Waals surface area contributed by atoms with E-state index in [2.05, 4.69) is 39.8 Å². The van der Waals surface area contributed by atoms with Gasteiger partial charge >= 0.3 is 0 Å². The van der Waals surface area contributed by atoms with Crippen LogP contribution in [0.1, 0.15) is 25.6 Å². The van der Waals surface area contributed by atoms with E-state index in [0.29, 0.717) is 0 Å². The van der Waals surface area contributed by atoms with Gasteiger partial charge in [-0.1, -0.05) is 12.1 Å². The molecular weight excluding hydrogens is 238 g/mol. The second-order valence-corrected chi connectivity index (χ2v) is 5.21. The van der Waals surface area contributed by atoms with Crippen molar-refractivity contribution >= 4 is 0 Å². The average Bonchev–Trinajstić information content (AvgIpc) is 2.42. The van der Waals surface area contributed by atoms with Crippen LogP contribution >= 0.6 is 0 Å². The van der Waals surface area contributed by atoms with Crippen molar-refractivity contribution in [3.63, 3.8) is 0 Å². The first-order valence-corrected chi connectivity index (χ1v) is 7.09. The van der Waals surface area contributed by atoms with Crippen LogP contribution in [0.2, 0.25) is 0 Å². The lowest BCUT2D eigenvalue weighted by molar-refractivity contribution is 0.153. The van der Waals surface area contributed by atoms with E-state index >= 15 is 0 Å². The molecule has 2 N–H and O–H groups in total. The van der Waals surface area contributed by atoms with Crippen molar-refractivity contribution in [1.82, 2.24) is 15.5 Å². The van der Waals surface area contributed by atoms with Crippen molar-refractivity contribution in [2.45, 2.75) is 26.1 Å². The molecule has 0 aromatic heterocycles. The molecule has 106 valence electrons. The summed E-state index contributed by atoms with van der Waals surface area (Å²) in [6.45, 7) is 8.38. The number of piperazine rings is 1. The lowest BCUT2D eigenvalue weighted by atomic mass is 10.1. The molecule has 1 saturated heterocycles. The van der Waals surface area contributed by atoms with Gasteiger partial charge in [0, 0.05) is 26.2 Å². The second-order valence-electron chi connectivity index (χ2n) is 5.21. The molecule has 1 unspecified atom stereocenters. The van der Waals surface area contributed by atoms with Crippen LogP contribution in [0.25, 0.3) is 0 Å². The SMILES string of the molecule is CNC(c1ccc(OC(C)C)cc1)N1CCNCC1. The van der Waals surface area contributed by atoms with Crippen LogP contribution in [-0.4, -0.2) is 44.2 Å². The summed E-state index contributed by atoms with van der Waals surface area (Å²) in [4.78, 5) is 2.47. The van der Waals surface area contributed by atoms with E-state index in [-0.39, 0.29) is 12.3 Å². The Morgan fingerprint density at radius 3 is 2.32 bits per heavy atom. The zero-order valence-corrected chi connectivity index (χ0v) is 12.1. The molecule has 0 bridgehead atoms. The zero-order chi connectivity index (χ0) is 13.7. The van der Waals surface area contributed by atoms with Gasteiger partial charge in [0.05, 0.1) is 12.3 Å². The first-order valence-electron chi connectivity index (χ1n) is 7.09. The van der Waals surface area contributed by atoms with E-state index in [1.165, 1.54) is 5.56 Å². The van der Waals surface area contributed by atoms with Crippen molar-refractivity contribution < 1.29 is 4.74 Å². The Balaban J connectivity index is 2.05. The maximum atomic E-state index is 5.68. The molecule has 1 aliphatic heterocycles. The Labute approximate surface area is 116 Å². The molecule has 0 spiro atoms. The van der Waals surface area contributed by atoms with Crippen molar-refractivity contribution in [3.05, 3.63) is 29.8 Å². The molecule has 0 amide bonds. The maximum absolute atomic E-state index is 5.68. The van der Waals surface area contributed by atoms with E-state index < -0.39 is 0 Å². The number of nitrogens with zero attached hydrogens (tertiary/aromatic N) is 1. The van der Waals surface area contributed by atoms with Crippen LogP contribution < -0.4 is 15.4 Å². The van der Waals surface area contributed by atoms with Gasteiger partial charge in [-0.05, 0) is 38.6 Å². The molecule has 1 heterocycles. The summed E-state index contributed by atoms with van der Waals surface area (Å²) in [5.74, 6) is 0.939. The summed E-state index contributed by atoms with van der Waals surface area (Å²) < 4.78 is 5.68. The van der Waals surface area contributed by atoms with Gasteiger partial charge in [0.25, 0.3) is 0 Å². The van der Waals surface area contributed by atoms with E-state index in [1.54, 1.807) is 0 Å². The highest BCUT2D eigenvalue weighted by Gasteiger charge is 2.20. The monoisotopic (exact) mass is 263 g/mol.